The molecule has 1 amide bonds. The van der Waals surface area contributed by atoms with Crippen LogP contribution in [0.3, 0.4) is 0 Å². The van der Waals surface area contributed by atoms with Gasteiger partial charge in [-0.3, -0.25) is 14.5 Å². The number of likely N-dealkylation sites (tertiary alicyclic amines) is 1. The van der Waals surface area contributed by atoms with E-state index in [0.717, 1.165) is 19.2 Å². The van der Waals surface area contributed by atoms with Crippen LogP contribution in [-0.2, 0) is 14.3 Å². The molecule has 2 saturated heterocycles. The SMILES string of the molecule is CC(C)Oc1ccc(/C(O)=C2\C(=O)C(=O)N(CCN3CCOCC3)[C@H]2c2ccc(Cl)cc2)cc1F. The molecule has 9 heteroatoms. The van der Waals surface area contributed by atoms with Crippen LogP contribution in [0.2, 0.25) is 5.02 Å². The Labute approximate surface area is 208 Å². The number of aliphatic hydroxyl groups excluding tert-OH is 1. The average molecular weight is 503 g/mol. The van der Waals surface area contributed by atoms with E-state index in [1.165, 1.54) is 17.0 Å². The summed E-state index contributed by atoms with van der Waals surface area (Å²) in [6.45, 7) is 7.08. The maximum Gasteiger partial charge on any atom is 0.295 e. The number of Topliss-reactive ketones (excluding diaryl/α,β-unsaturated/α-hetero) is 1. The predicted octanol–water partition coefficient (Wildman–Crippen LogP) is 4.02. The molecule has 7 nitrogen and oxygen atoms in total. The Balaban J connectivity index is 1.72. The van der Waals surface area contributed by atoms with Crippen molar-refractivity contribution in [2.45, 2.75) is 26.0 Å². The number of carbonyl (C=O) groups excluding carboxylic acids is 2. The van der Waals surface area contributed by atoms with Gasteiger partial charge in [0, 0.05) is 36.8 Å². The van der Waals surface area contributed by atoms with Gasteiger partial charge in [-0.2, -0.15) is 0 Å². The number of nitrogens with zero attached hydrogens (tertiary/aromatic N) is 2. The number of carbonyl (C=O) groups is 2. The molecule has 1 N–H and O–H groups in total. The van der Waals surface area contributed by atoms with Crippen molar-refractivity contribution in [3.8, 4) is 5.75 Å². The molecule has 1 atom stereocenters. The van der Waals surface area contributed by atoms with Gasteiger partial charge >= 0.3 is 0 Å². The Morgan fingerprint density at radius 3 is 2.46 bits per heavy atom. The molecule has 0 aliphatic carbocycles. The minimum atomic E-state index is -0.831. The number of ether oxygens (including phenoxy) is 2. The van der Waals surface area contributed by atoms with Crippen molar-refractivity contribution in [3.63, 3.8) is 0 Å². The largest absolute Gasteiger partial charge is 0.507 e. The van der Waals surface area contributed by atoms with E-state index in [-0.39, 0.29) is 29.5 Å². The number of aliphatic hydroxyl groups is 1. The molecule has 0 radical (unpaired) electrons. The standard InChI is InChI=1S/C26H28ClFN2O5/c1-16(2)35-21-8-5-18(15-20(21)28)24(31)22-23(17-3-6-19(27)7-4-17)30(26(33)25(22)32)10-9-29-11-13-34-14-12-29/h3-8,15-16,23,31H,9-14H2,1-2H3/b24-22+/t23-/m0/s1. The summed E-state index contributed by atoms with van der Waals surface area (Å²) in [5.41, 5.74) is 0.623. The van der Waals surface area contributed by atoms with E-state index in [1.54, 1.807) is 38.1 Å². The molecule has 35 heavy (non-hydrogen) atoms. The molecule has 2 aromatic carbocycles. The van der Waals surface area contributed by atoms with Crippen LogP contribution in [0.25, 0.3) is 5.76 Å². The molecule has 2 heterocycles. The zero-order valence-corrected chi connectivity index (χ0v) is 20.4. The molecule has 0 saturated carbocycles. The summed E-state index contributed by atoms with van der Waals surface area (Å²) < 4.78 is 25.5. The maximum atomic E-state index is 14.6. The number of halogens is 2. The van der Waals surface area contributed by atoms with Gasteiger partial charge in [0.15, 0.2) is 11.6 Å². The van der Waals surface area contributed by atoms with Crippen molar-refractivity contribution in [2.24, 2.45) is 0 Å². The van der Waals surface area contributed by atoms with Crippen molar-refractivity contribution >= 4 is 29.1 Å². The minimum absolute atomic E-state index is 0.0387. The number of hydrogen-bond acceptors (Lipinski definition) is 6. The molecular weight excluding hydrogens is 475 g/mol. The number of amides is 1. The summed E-state index contributed by atoms with van der Waals surface area (Å²) in [5.74, 6) is -2.59. The van der Waals surface area contributed by atoms with Crippen LogP contribution in [0.15, 0.2) is 48.0 Å². The number of benzene rings is 2. The van der Waals surface area contributed by atoms with Crippen LogP contribution in [-0.4, -0.2) is 72.1 Å². The summed E-state index contributed by atoms with van der Waals surface area (Å²) in [6.07, 6.45) is -0.231. The van der Waals surface area contributed by atoms with Crippen LogP contribution in [0.4, 0.5) is 4.39 Å². The third-order valence-corrected chi connectivity index (χ3v) is 6.31. The smallest absolute Gasteiger partial charge is 0.295 e. The molecular formula is C26H28ClFN2O5. The van der Waals surface area contributed by atoms with Gasteiger partial charge < -0.3 is 19.5 Å². The highest BCUT2D eigenvalue weighted by molar-refractivity contribution is 6.46. The summed E-state index contributed by atoms with van der Waals surface area (Å²) in [5, 5.41) is 11.6. The fraction of sp³-hybridized carbons (Fsp3) is 0.385. The van der Waals surface area contributed by atoms with Gasteiger partial charge in [0.25, 0.3) is 11.7 Å². The number of hydrogen-bond donors (Lipinski definition) is 1. The lowest BCUT2D eigenvalue weighted by Gasteiger charge is -2.31. The summed E-state index contributed by atoms with van der Waals surface area (Å²) in [6, 6.07) is 9.90. The van der Waals surface area contributed by atoms with Crippen LogP contribution in [0, 0.1) is 5.82 Å². The van der Waals surface area contributed by atoms with Crippen molar-refractivity contribution in [1.82, 2.24) is 9.80 Å². The number of morpholine rings is 1. The van der Waals surface area contributed by atoms with E-state index >= 15 is 0 Å². The molecule has 0 unspecified atom stereocenters. The van der Waals surface area contributed by atoms with Crippen LogP contribution in [0.5, 0.6) is 5.75 Å². The van der Waals surface area contributed by atoms with Crippen LogP contribution in [0.1, 0.15) is 31.0 Å². The van der Waals surface area contributed by atoms with Gasteiger partial charge in [-0.15, -0.1) is 0 Å². The fourth-order valence-electron chi connectivity index (χ4n) is 4.33. The molecule has 2 aliphatic rings. The zero-order chi connectivity index (χ0) is 25.1. The second-order valence-corrected chi connectivity index (χ2v) is 9.25. The van der Waals surface area contributed by atoms with Crippen molar-refractivity contribution in [3.05, 3.63) is 70.0 Å². The third kappa shape index (κ3) is 5.50. The first kappa shape index (κ1) is 25.2. The van der Waals surface area contributed by atoms with E-state index in [9.17, 15) is 19.1 Å². The predicted molar refractivity (Wildman–Crippen MR) is 130 cm³/mol. The van der Waals surface area contributed by atoms with Gasteiger partial charge in [-0.1, -0.05) is 23.7 Å². The average Bonchev–Trinajstić information content (AvgIpc) is 3.09. The first-order valence-electron chi connectivity index (χ1n) is 11.6. The lowest BCUT2D eigenvalue weighted by Crippen LogP contribution is -2.42. The molecule has 0 spiro atoms. The lowest BCUT2D eigenvalue weighted by molar-refractivity contribution is -0.140. The first-order chi connectivity index (χ1) is 16.8. The second-order valence-electron chi connectivity index (χ2n) is 8.81. The number of rotatable bonds is 7. The van der Waals surface area contributed by atoms with Crippen LogP contribution < -0.4 is 4.74 Å². The Kier molecular flexibility index (Phi) is 7.74. The summed E-state index contributed by atoms with van der Waals surface area (Å²) >= 11 is 6.06. The number of ketones is 1. The zero-order valence-electron chi connectivity index (χ0n) is 19.7. The van der Waals surface area contributed by atoms with Gasteiger partial charge in [0.1, 0.15) is 5.76 Å². The van der Waals surface area contributed by atoms with E-state index in [4.69, 9.17) is 21.1 Å². The molecule has 186 valence electrons. The van der Waals surface area contributed by atoms with Crippen LogP contribution >= 0.6 is 11.6 Å². The van der Waals surface area contributed by atoms with E-state index in [2.05, 4.69) is 4.90 Å². The highest BCUT2D eigenvalue weighted by Gasteiger charge is 2.46. The summed E-state index contributed by atoms with van der Waals surface area (Å²) in [4.78, 5) is 29.8. The van der Waals surface area contributed by atoms with Crippen molar-refractivity contribution < 1.29 is 28.6 Å². The molecule has 0 bridgehead atoms. The Morgan fingerprint density at radius 1 is 1.14 bits per heavy atom. The second kappa shape index (κ2) is 10.8. The van der Waals surface area contributed by atoms with E-state index < -0.39 is 29.3 Å². The summed E-state index contributed by atoms with van der Waals surface area (Å²) in [7, 11) is 0. The topological polar surface area (TPSA) is 79.3 Å². The Hall–Kier alpha value is -2.94. The molecule has 2 aromatic rings. The highest BCUT2D eigenvalue weighted by atomic mass is 35.5. The molecule has 4 rings (SSSR count). The van der Waals surface area contributed by atoms with E-state index in [0.29, 0.717) is 30.3 Å². The monoisotopic (exact) mass is 502 g/mol. The molecule has 0 aromatic heterocycles. The molecule has 2 fully saturated rings. The maximum absolute atomic E-state index is 14.6. The Bertz CT molecular complexity index is 1130. The third-order valence-electron chi connectivity index (χ3n) is 6.05. The van der Waals surface area contributed by atoms with Gasteiger partial charge in [0.2, 0.25) is 0 Å². The van der Waals surface area contributed by atoms with Crippen molar-refractivity contribution in [1.29, 1.82) is 0 Å². The fourth-order valence-corrected chi connectivity index (χ4v) is 4.46. The van der Waals surface area contributed by atoms with Gasteiger partial charge in [-0.05, 0) is 49.7 Å². The quantitative estimate of drug-likeness (QED) is 0.350. The van der Waals surface area contributed by atoms with Gasteiger partial charge in [0.05, 0.1) is 30.9 Å². The van der Waals surface area contributed by atoms with Gasteiger partial charge in [-0.25, -0.2) is 4.39 Å². The highest BCUT2D eigenvalue weighted by Crippen LogP contribution is 2.40. The van der Waals surface area contributed by atoms with Crippen molar-refractivity contribution in [2.75, 3.05) is 39.4 Å². The first-order valence-corrected chi connectivity index (χ1v) is 11.9. The molecule has 2 aliphatic heterocycles. The normalized spacial score (nSPS) is 20.6. The minimum Gasteiger partial charge on any atom is -0.507 e. The Morgan fingerprint density at radius 2 is 1.83 bits per heavy atom. The lowest BCUT2D eigenvalue weighted by atomic mass is 9.95. The van der Waals surface area contributed by atoms with E-state index in [1.807, 2.05) is 0 Å².